The number of amides is 2. The van der Waals surface area contributed by atoms with E-state index in [1.54, 1.807) is 24.3 Å². The van der Waals surface area contributed by atoms with Crippen molar-refractivity contribution in [3.63, 3.8) is 0 Å². The summed E-state index contributed by atoms with van der Waals surface area (Å²) >= 11 is 5.78. The first-order valence-corrected chi connectivity index (χ1v) is 7.03. The van der Waals surface area contributed by atoms with Gasteiger partial charge in [0.05, 0.1) is 18.2 Å². The topological polar surface area (TPSA) is 70.6 Å². The van der Waals surface area contributed by atoms with E-state index in [-0.39, 0.29) is 24.7 Å². The van der Waals surface area contributed by atoms with Gasteiger partial charge < -0.3 is 20.5 Å². The summed E-state index contributed by atoms with van der Waals surface area (Å²) in [5, 5.41) is 16.1. The highest BCUT2D eigenvalue weighted by Gasteiger charge is 2.25. The van der Waals surface area contributed by atoms with Crippen molar-refractivity contribution in [2.24, 2.45) is 0 Å². The molecule has 1 aliphatic heterocycles. The third-order valence-corrected chi connectivity index (χ3v) is 3.66. The van der Waals surface area contributed by atoms with Crippen molar-refractivity contribution >= 4 is 17.6 Å². The van der Waals surface area contributed by atoms with Crippen LogP contribution in [0.2, 0.25) is 5.02 Å². The number of nitrogens with one attached hydrogen (secondary N) is 2. The Labute approximate surface area is 123 Å². The Bertz CT molecular complexity index is 452. The molecule has 1 heterocycles. The molecule has 2 rings (SSSR count). The molecule has 2 amide bonds. The number of ether oxygens (including phenoxy) is 1. The van der Waals surface area contributed by atoms with E-state index in [0.29, 0.717) is 17.2 Å². The van der Waals surface area contributed by atoms with Gasteiger partial charge in [-0.15, -0.1) is 0 Å². The first-order valence-electron chi connectivity index (χ1n) is 6.66. The molecule has 0 bridgehead atoms. The highest BCUT2D eigenvalue weighted by Crippen LogP contribution is 2.16. The van der Waals surface area contributed by atoms with Gasteiger partial charge in [0.1, 0.15) is 0 Å². The van der Waals surface area contributed by atoms with Crippen molar-refractivity contribution in [3.8, 4) is 0 Å². The number of aliphatic hydroxyl groups is 1. The largest absolute Gasteiger partial charge is 0.387 e. The molecule has 0 spiro atoms. The van der Waals surface area contributed by atoms with Crippen molar-refractivity contribution in [3.05, 3.63) is 34.9 Å². The number of rotatable bonds is 4. The highest BCUT2D eigenvalue weighted by atomic mass is 35.5. The van der Waals surface area contributed by atoms with Crippen LogP contribution in [-0.2, 0) is 4.74 Å². The van der Waals surface area contributed by atoms with Gasteiger partial charge in [0.15, 0.2) is 0 Å². The van der Waals surface area contributed by atoms with Gasteiger partial charge in [0.25, 0.3) is 0 Å². The van der Waals surface area contributed by atoms with Crippen LogP contribution in [0.3, 0.4) is 0 Å². The number of carbonyl (C=O) groups excluding carboxylic acids is 1. The monoisotopic (exact) mass is 298 g/mol. The Kier molecular flexibility index (Phi) is 5.23. The number of carbonyl (C=O) groups is 1. The number of benzene rings is 1. The van der Waals surface area contributed by atoms with Gasteiger partial charge in [-0.2, -0.15) is 0 Å². The Morgan fingerprint density at radius 1 is 1.50 bits per heavy atom. The SMILES string of the molecule is CC1OCCC1NC(=O)NCC(O)c1ccc(Cl)cc1. The van der Waals surface area contributed by atoms with E-state index >= 15 is 0 Å². The van der Waals surface area contributed by atoms with E-state index in [9.17, 15) is 9.90 Å². The first-order chi connectivity index (χ1) is 9.56. The molecule has 0 radical (unpaired) electrons. The minimum Gasteiger partial charge on any atom is -0.387 e. The van der Waals surface area contributed by atoms with E-state index in [2.05, 4.69) is 10.6 Å². The van der Waals surface area contributed by atoms with E-state index < -0.39 is 6.10 Å². The fraction of sp³-hybridized carbons (Fsp3) is 0.500. The summed E-state index contributed by atoms with van der Waals surface area (Å²) in [5.41, 5.74) is 0.715. The predicted octanol–water partition coefficient (Wildman–Crippen LogP) is 1.85. The Hall–Kier alpha value is -1.30. The molecule has 1 aliphatic rings. The fourth-order valence-electron chi connectivity index (χ4n) is 2.13. The third-order valence-electron chi connectivity index (χ3n) is 3.40. The van der Waals surface area contributed by atoms with Crippen molar-refractivity contribution in [1.82, 2.24) is 10.6 Å². The molecular weight excluding hydrogens is 280 g/mol. The summed E-state index contributed by atoms with van der Waals surface area (Å²) < 4.78 is 5.37. The molecule has 1 saturated heterocycles. The van der Waals surface area contributed by atoms with Gasteiger partial charge in [-0.1, -0.05) is 23.7 Å². The van der Waals surface area contributed by atoms with Crippen LogP contribution in [0.5, 0.6) is 0 Å². The fourth-order valence-corrected chi connectivity index (χ4v) is 2.26. The summed E-state index contributed by atoms with van der Waals surface area (Å²) in [4.78, 5) is 11.7. The first kappa shape index (κ1) is 15.1. The predicted molar refractivity (Wildman–Crippen MR) is 76.8 cm³/mol. The maximum atomic E-state index is 11.7. The maximum Gasteiger partial charge on any atom is 0.315 e. The van der Waals surface area contributed by atoms with Crippen molar-refractivity contribution in [2.45, 2.75) is 31.6 Å². The Morgan fingerprint density at radius 3 is 2.80 bits per heavy atom. The van der Waals surface area contributed by atoms with Crippen molar-refractivity contribution in [2.75, 3.05) is 13.2 Å². The van der Waals surface area contributed by atoms with Crippen LogP contribution >= 0.6 is 11.6 Å². The second kappa shape index (κ2) is 6.92. The van der Waals surface area contributed by atoms with E-state index in [1.165, 1.54) is 0 Å². The third kappa shape index (κ3) is 4.10. The van der Waals surface area contributed by atoms with E-state index in [1.807, 2.05) is 6.92 Å². The molecule has 110 valence electrons. The van der Waals surface area contributed by atoms with Gasteiger partial charge in [-0.3, -0.25) is 0 Å². The molecular formula is C14H19ClN2O3. The standard InChI is InChI=1S/C14H19ClN2O3/c1-9-12(6-7-20-9)17-14(19)16-8-13(18)10-2-4-11(15)5-3-10/h2-5,9,12-13,18H,6-8H2,1H3,(H2,16,17,19). The quantitative estimate of drug-likeness (QED) is 0.794. The zero-order chi connectivity index (χ0) is 14.5. The lowest BCUT2D eigenvalue weighted by Gasteiger charge is -2.18. The van der Waals surface area contributed by atoms with Gasteiger partial charge >= 0.3 is 6.03 Å². The summed E-state index contributed by atoms with van der Waals surface area (Å²) in [7, 11) is 0. The Morgan fingerprint density at radius 2 is 2.20 bits per heavy atom. The molecule has 1 aromatic carbocycles. The van der Waals surface area contributed by atoms with E-state index in [4.69, 9.17) is 16.3 Å². The number of hydrogen-bond acceptors (Lipinski definition) is 3. The number of halogens is 1. The van der Waals surface area contributed by atoms with Crippen molar-refractivity contribution in [1.29, 1.82) is 0 Å². The van der Waals surface area contributed by atoms with Crippen LogP contribution in [0.25, 0.3) is 0 Å². The molecule has 6 heteroatoms. The zero-order valence-electron chi connectivity index (χ0n) is 11.3. The molecule has 20 heavy (non-hydrogen) atoms. The molecule has 0 aliphatic carbocycles. The van der Waals surface area contributed by atoms with Crippen molar-refractivity contribution < 1.29 is 14.6 Å². The maximum absolute atomic E-state index is 11.7. The summed E-state index contributed by atoms with van der Waals surface area (Å²) in [5.74, 6) is 0. The lowest BCUT2D eigenvalue weighted by Crippen LogP contribution is -2.45. The van der Waals surface area contributed by atoms with Gasteiger partial charge in [-0.05, 0) is 31.0 Å². The lowest BCUT2D eigenvalue weighted by molar-refractivity contribution is 0.113. The van der Waals surface area contributed by atoms with E-state index in [0.717, 1.165) is 6.42 Å². The zero-order valence-corrected chi connectivity index (χ0v) is 12.1. The normalized spacial score (nSPS) is 23.4. The molecule has 0 saturated carbocycles. The van der Waals surface area contributed by atoms with Crippen LogP contribution in [0.4, 0.5) is 4.79 Å². The Balaban J connectivity index is 1.76. The summed E-state index contributed by atoms with van der Waals surface area (Å²) in [6.07, 6.45) is 0.0890. The number of aliphatic hydroxyl groups excluding tert-OH is 1. The number of hydrogen-bond donors (Lipinski definition) is 3. The average molecular weight is 299 g/mol. The van der Waals surface area contributed by atoms with Gasteiger partial charge in [0, 0.05) is 18.2 Å². The molecule has 3 unspecified atom stereocenters. The highest BCUT2D eigenvalue weighted by molar-refractivity contribution is 6.30. The molecule has 0 aromatic heterocycles. The smallest absolute Gasteiger partial charge is 0.315 e. The van der Waals surface area contributed by atoms with Crippen LogP contribution in [0, 0.1) is 0 Å². The minimum absolute atomic E-state index is 0.0296. The number of urea groups is 1. The van der Waals surface area contributed by atoms with Crippen LogP contribution in [0.15, 0.2) is 24.3 Å². The van der Waals surface area contributed by atoms with Crippen LogP contribution in [-0.4, -0.2) is 36.4 Å². The van der Waals surface area contributed by atoms with Gasteiger partial charge in [0.2, 0.25) is 0 Å². The van der Waals surface area contributed by atoms with Crippen LogP contribution < -0.4 is 10.6 Å². The van der Waals surface area contributed by atoms with Crippen LogP contribution in [0.1, 0.15) is 25.0 Å². The summed E-state index contributed by atoms with van der Waals surface area (Å²) in [6, 6.07) is 6.62. The molecule has 5 nitrogen and oxygen atoms in total. The lowest BCUT2D eigenvalue weighted by atomic mass is 10.1. The second-order valence-corrected chi connectivity index (χ2v) is 5.33. The average Bonchev–Trinajstić information content (AvgIpc) is 2.82. The van der Waals surface area contributed by atoms with Gasteiger partial charge in [-0.25, -0.2) is 4.79 Å². The summed E-state index contributed by atoms with van der Waals surface area (Å²) in [6.45, 7) is 2.75. The molecule has 1 aromatic rings. The second-order valence-electron chi connectivity index (χ2n) is 4.89. The molecule has 3 N–H and O–H groups in total. The minimum atomic E-state index is -0.754. The molecule has 1 fully saturated rings. The molecule has 3 atom stereocenters.